The molecule has 1 N–H and O–H groups in total. The summed E-state index contributed by atoms with van der Waals surface area (Å²) in [4.78, 5) is 0. The van der Waals surface area contributed by atoms with Crippen LogP contribution in [0.4, 0.5) is 4.39 Å². The smallest absolute Gasteiger partial charge is 0.123 e. The van der Waals surface area contributed by atoms with Crippen LogP contribution in [0, 0.1) is 17.7 Å². The zero-order valence-corrected chi connectivity index (χ0v) is 14.0. The van der Waals surface area contributed by atoms with Gasteiger partial charge in [-0.1, -0.05) is 58.6 Å². The molecule has 0 saturated carbocycles. The van der Waals surface area contributed by atoms with Crippen molar-refractivity contribution in [3.8, 4) is 0 Å². The standard InChI is InChI=1S/C19H32FN/c1-4-7-8-16(5-2)13-18(15-21-6-3)14-17-9-11-19(20)12-10-17/h9-12,16,18,21H,4-8,13-15H2,1-3H3. The molecular formula is C19H32FN. The van der Waals surface area contributed by atoms with E-state index in [1.807, 2.05) is 12.1 Å². The van der Waals surface area contributed by atoms with Crippen molar-refractivity contribution < 1.29 is 4.39 Å². The highest BCUT2D eigenvalue weighted by Crippen LogP contribution is 2.24. The third kappa shape index (κ3) is 7.61. The summed E-state index contributed by atoms with van der Waals surface area (Å²) >= 11 is 0. The third-order valence-electron chi connectivity index (χ3n) is 4.33. The minimum atomic E-state index is -0.142. The van der Waals surface area contributed by atoms with Gasteiger partial charge in [-0.25, -0.2) is 4.39 Å². The van der Waals surface area contributed by atoms with E-state index in [1.165, 1.54) is 37.7 Å². The highest BCUT2D eigenvalue weighted by molar-refractivity contribution is 5.16. The Bertz CT molecular complexity index is 360. The summed E-state index contributed by atoms with van der Waals surface area (Å²) in [5.74, 6) is 1.34. The van der Waals surface area contributed by atoms with Crippen molar-refractivity contribution in [2.45, 2.75) is 59.3 Å². The quantitative estimate of drug-likeness (QED) is 0.591. The summed E-state index contributed by atoms with van der Waals surface area (Å²) in [6, 6.07) is 7.02. The number of halogens is 1. The monoisotopic (exact) mass is 293 g/mol. The van der Waals surface area contributed by atoms with Crippen LogP contribution in [0.15, 0.2) is 24.3 Å². The van der Waals surface area contributed by atoms with Gasteiger partial charge in [0.1, 0.15) is 5.82 Å². The van der Waals surface area contributed by atoms with E-state index in [4.69, 9.17) is 0 Å². The van der Waals surface area contributed by atoms with Gasteiger partial charge in [0.25, 0.3) is 0 Å². The molecule has 1 nitrogen and oxygen atoms in total. The number of rotatable bonds is 11. The number of nitrogens with one attached hydrogen (secondary N) is 1. The van der Waals surface area contributed by atoms with E-state index in [-0.39, 0.29) is 5.82 Å². The number of hydrogen-bond acceptors (Lipinski definition) is 1. The molecule has 2 unspecified atom stereocenters. The lowest BCUT2D eigenvalue weighted by Gasteiger charge is -2.23. The molecule has 1 rings (SSSR count). The summed E-state index contributed by atoms with van der Waals surface area (Å²) in [6.45, 7) is 8.81. The highest BCUT2D eigenvalue weighted by atomic mass is 19.1. The van der Waals surface area contributed by atoms with Gasteiger partial charge in [0.2, 0.25) is 0 Å². The molecule has 0 aromatic heterocycles. The van der Waals surface area contributed by atoms with Crippen molar-refractivity contribution in [1.82, 2.24) is 5.32 Å². The van der Waals surface area contributed by atoms with E-state index < -0.39 is 0 Å². The normalized spacial score (nSPS) is 14.1. The maximum atomic E-state index is 13.0. The van der Waals surface area contributed by atoms with Crippen LogP contribution in [0.5, 0.6) is 0 Å². The molecule has 1 aromatic carbocycles. The Labute approximate surface area is 130 Å². The predicted molar refractivity (Wildman–Crippen MR) is 90.1 cm³/mol. The Morgan fingerprint density at radius 3 is 2.33 bits per heavy atom. The SMILES string of the molecule is CCCCC(CC)CC(CNCC)Cc1ccc(F)cc1. The zero-order valence-electron chi connectivity index (χ0n) is 14.0. The molecule has 2 atom stereocenters. The van der Waals surface area contributed by atoms with Gasteiger partial charge in [0.05, 0.1) is 0 Å². The van der Waals surface area contributed by atoms with Crippen molar-refractivity contribution in [3.63, 3.8) is 0 Å². The van der Waals surface area contributed by atoms with Crippen LogP contribution in [0.1, 0.15) is 58.4 Å². The Kier molecular flexibility index (Phi) is 9.32. The first-order chi connectivity index (χ1) is 10.2. The van der Waals surface area contributed by atoms with Crippen LogP contribution in [0.2, 0.25) is 0 Å². The highest BCUT2D eigenvalue weighted by Gasteiger charge is 2.15. The molecule has 1 aromatic rings. The first kappa shape index (κ1) is 18.2. The van der Waals surface area contributed by atoms with Crippen molar-refractivity contribution in [2.24, 2.45) is 11.8 Å². The second-order valence-corrected chi connectivity index (χ2v) is 6.16. The minimum Gasteiger partial charge on any atom is -0.317 e. The molecular weight excluding hydrogens is 261 g/mol. The number of hydrogen-bond donors (Lipinski definition) is 1. The van der Waals surface area contributed by atoms with E-state index in [1.54, 1.807) is 12.1 Å². The van der Waals surface area contributed by atoms with Gasteiger partial charge >= 0.3 is 0 Å². The first-order valence-electron chi connectivity index (χ1n) is 8.64. The van der Waals surface area contributed by atoms with Gasteiger partial charge < -0.3 is 5.32 Å². The fourth-order valence-corrected chi connectivity index (χ4v) is 2.99. The van der Waals surface area contributed by atoms with Gasteiger partial charge in [0, 0.05) is 0 Å². The lowest BCUT2D eigenvalue weighted by molar-refractivity contribution is 0.326. The van der Waals surface area contributed by atoms with E-state index in [0.717, 1.165) is 25.4 Å². The van der Waals surface area contributed by atoms with Crippen LogP contribution in [0.25, 0.3) is 0 Å². The van der Waals surface area contributed by atoms with Gasteiger partial charge in [0.15, 0.2) is 0 Å². The predicted octanol–water partition coefficient (Wildman–Crippen LogP) is 5.20. The summed E-state index contributed by atoms with van der Waals surface area (Å²) in [7, 11) is 0. The molecule has 0 aliphatic carbocycles. The van der Waals surface area contributed by atoms with Crippen molar-refractivity contribution in [1.29, 1.82) is 0 Å². The lowest BCUT2D eigenvalue weighted by atomic mass is 9.85. The number of benzene rings is 1. The molecule has 2 heteroatoms. The molecule has 0 aliphatic rings. The molecule has 21 heavy (non-hydrogen) atoms. The minimum absolute atomic E-state index is 0.142. The van der Waals surface area contributed by atoms with E-state index in [0.29, 0.717) is 5.92 Å². The lowest BCUT2D eigenvalue weighted by Crippen LogP contribution is -2.26. The van der Waals surface area contributed by atoms with Gasteiger partial charge in [-0.15, -0.1) is 0 Å². The van der Waals surface area contributed by atoms with Crippen LogP contribution in [0.3, 0.4) is 0 Å². The molecule has 120 valence electrons. The summed E-state index contributed by atoms with van der Waals surface area (Å²) in [6.07, 6.45) is 7.57. The Hall–Kier alpha value is -0.890. The third-order valence-corrected chi connectivity index (χ3v) is 4.33. The molecule has 0 heterocycles. The van der Waals surface area contributed by atoms with Crippen LogP contribution < -0.4 is 5.32 Å². The van der Waals surface area contributed by atoms with Gasteiger partial charge in [-0.2, -0.15) is 0 Å². The van der Waals surface area contributed by atoms with Gasteiger partial charge in [-0.3, -0.25) is 0 Å². The Balaban J connectivity index is 2.58. The second-order valence-electron chi connectivity index (χ2n) is 6.16. The molecule has 0 radical (unpaired) electrons. The molecule has 0 saturated heterocycles. The fraction of sp³-hybridized carbons (Fsp3) is 0.684. The topological polar surface area (TPSA) is 12.0 Å². The van der Waals surface area contributed by atoms with Crippen LogP contribution in [-0.4, -0.2) is 13.1 Å². The average molecular weight is 293 g/mol. The van der Waals surface area contributed by atoms with E-state index in [9.17, 15) is 4.39 Å². The van der Waals surface area contributed by atoms with E-state index in [2.05, 4.69) is 26.1 Å². The second kappa shape index (κ2) is 10.8. The summed E-state index contributed by atoms with van der Waals surface area (Å²) < 4.78 is 13.0. The Morgan fingerprint density at radius 1 is 1.05 bits per heavy atom. The fourth-order valence-electron chi connectivity index (χ4n) is 2.99. The van der Waals surface area contributed by atoms with Crippen molar-refractivity contribution in [3.05, 3.63) is 35.6 Å². The van der Waals surface area contributed by atoms with Crippen LogP contribution in [-0.2, 0) is 6.42 Å². The first-order valence-corrected chi connectivity index (χ1v) is 8.64. The molecule has 0 fully saturated rings. The zero-order chi connectivity index (χ0) is 15.5. The molecule has 0 amide bonds. The summed E-state index contributed by atoms with van der Waals surface area (Å²) in [5.41, 5.74) is 1.25. The summed E-state index contributed by atoms with van der Waals surface area (Å²) in [5, 5.41) is 3.49. The molecule has 0 spiro atoms. The maximum absolute atomic E-state index is 13.0. The molecule has 0 aliphatic heterocycles. The molecule has 0 bridgehead atoms. The van der Waals surface area contributed by atoms with E-state index >= 15 is 0 Å². The maximum Gasteiger partial charge on any atom is 0.123 e. The van der Waals surface area contributed by atoms with Gasteiger partial charge in [-0.05, 0) is 55.5 Å². The van der Waals surface area contributed by atoms with Crippen molar-refractivity contribution in [2.75, 3.05) is 13.1 Å². The Morgan fingerprint density at radius 2 is 1.76 bits per heavy atom. The van der Waals surface area contributed by atoms with Crippen molar-refractivity contribution >= 4 is 0 Å². The van der Waals surface area contributed by atoms with Crippen LogP contribution >= 0.6 is 0 Å². The number of unbranched alkanes of at least 4 members (excludes halogenated alkanes) is 1. The largest absolute Gasteiger partial charge is 0.317 e. The average Bonchev–Trinajstić information content (AvgIpc) is 2.50.